The number of hydrogen-bond donors (Lipinski definition) is 2. The van der Waals surface area contributed by atoms with E-state index in [1.165, 1.54) is 0 Å². The van der Waals surface area contributed by atoms with Crippen molar-refractivity contribution in [1.82, 2.24) is 25.4 Å². The minimum absolute atomic E-state index is 0.111. The largest absolute Gasteiger partial charge is 0.321 e. The molecular weight excluding hydrogens is 436 g/mol. The first kappa shape index (κ1) is 23.5. The van der Waals surface area contributed by atoms with Crippen LogP contribution in [-0.2, 0) is 6.54 Å². The number of alkyl halides is 2. The van der Waals surface area contributed by atoms with E-state index in [1.54, 1.807) is 29.4 Å². The highest BCUT2D eigenvalue weighted by Gasteiger charge is 2.37. The number of amides is 1. The number of aromatic nitrogens is 3. The van der Waals surface area contributed by atoms with Gasteiger partial charge in [0.15, 0.2) is 5.69 Å². The number of pyridine rings is 1. The number of hydrogen-bond acceptors (Lipinski definition) is 4. The summed E-state index contributed by atoms with van der Waals surface area (Å²) in [7, 11) is 0. The first-order valence-corrected chi connectivity index (χ1v) is 11.1. The van der Waals surface area contributed by atoms with Gasteiger partial charge in [0.1, 0.15) is 0 Å². The maximum Gasteiger partial charge on any atom is 0.276 e. The summed E-state index contributed by atoms with van der Waals surface area (Å²) < 4.78 is 27.1. The Morgan fingerprint density at radius 1 is 1.26 bits per heavy atom. The van der Waals surface area contributed by atoms with Gasteiger partial charge in [-0.15, -0.1) is 0 Å². The minimum Gasteiger partial charge on any atom is -0.321 e. The fraction of sp³-hybridized carbons (Fsp3) is 0.269. The number of fused-ring (bicyclic) bond motifs is 1. The van der Waals surface area contributed by atoms with Crippen LogP contribution in [0, 0.1) is 0 Å². The Morgan fingerprint density at radius 3 is 2.79 bits per heavy atom. The summed E-state index contributed by atoms with van der Waals surface area (Å²) in [5.74, 6) is -2.95. The van der Waals surface area contributed by atoms with Crippen LogP contribution in [0.25, 0.3) is 22.0 Å². The van der Waals surface area contributed by atoms with Gasteiger partial charge in [0.2, 0.25) is 0 Å². The number of nitrogens with one attached hydrogen (secondary N) is 2. The Hall–Kier alpha value is -3.65. The quantitative estimate of drug-likeness (QED) is 0.471. The molecule has 0 atom stereocenters. The van der Waals surface area contributed by atoms with Gasteiger partial charge >= 0.3 is 0 Å². The Balaban J connectivity index is 1.57. The molecule has 2 aromatic heterocycles. The average molecular weight is 464 g/mol. The molecule has 176 valence electrons. The molecule has 1 fully saturated rings. The number of halogens is 2. The summed E-state index contributed by atoms with van der Waals surface area (Å²) in [6, 6.07) is 7.61. The molecule has 1 saturated heterocycles. The third-order valence-corrected chi connectivity index (χ3v) is 5.68. The number of rotatable bonds is 7. The van der Waals surface area contributed by atoms with E-state index in [0.29, 0.717) is 24.2 Å². The second kappa shape index (κ2) is 9.69. The van der Waals surface area contributed by atoms with Crippen LogP contribution in [0.2, 0.25) is 0 Å². The second-order valence-corrected chi connectivity index (χ2v) is 8.61. The van der Waals surface area contributed by atoms with E-state index in [2.05, 4.69) is 27.1 Å². The molecule has 1 aromatic carbocycles. The lowest BCUT2D eigenvalue weighted by Crippen LogP contribution is -2.24. The highest BCUT2D eigenvalue weighted by Crippen LogP contribution is 2.29. The van der Waals surface area contributed by atoms with Crippen molar-refractivity contribution in [3.63, 3.8) is 0 Å². The highest BCUT2D eigenvalue weighted by atomic mass is 19.3. The van der Waals surface area contributed by atoms with Crippen molar-refractivity contribution in [2.75, 3.05) is 13.1 Å². The highest BCUT2D eigenvalue weighted by molar-refractivity contribution is 6.06. The Bertz CT molecular complexity index is 1290. The molecule has 4 rings (SSSR count). The number of carbonyl (C=O) groups is 1. The third-order valence-electron chi connectivity index (χ3n) is 5.68. The monoisotopic (exact) mass is 463 g/mol. The summed E-state index contributed by atoms with van der Waals surface area (Å²) >= 11 is 0. The zero-order valence-corrected chi connectivity index (χ0v) is 19.2. The van der Waals surface area contributed by atoms with Crippen molar-refractivity contribution in [2.45, 2.75) is 32.7 Å². The normalized spacial score (nSPS) is 16.4. The topological polar surface area (TPSA) is 73.9 Å². The first-order chi connectivity index (χ1) is 16.2. The lowest BCUT2D eigenvalue weighted by Gasteiger charge is -2.15. The van der Waals surface area contributed by atoms with Crippen molar-refractivity contribution < 1.29 is 13.6 Å². The zero-order valence-electron chi connectivity index (χ0n) is 19.2. The molecule has 0 radical (unpaired) electrons. The lowest BCUT2D eigenvalue weighted by atomic mass is 10.0. The van der Waals surface area contributed by atoms with Crippen molar-refractivity contribution in [3.8, 4) is 11.1 Å². The van der Waals surface area contributed by atoms with Gasteiger partial charge in [-0.2, -0.15) is 5.10 Å². The smallest absolute Gasteiger partial charge is 0.276 e. The van der Waals surface area contributed by atoms with Crippen LogP contribution in [0.1, 0.15) is 36.3 Å². The molecule has 1 amide bonds. The number of benzene rings is 1. The molecule has 1 aliphatic rings. The van der Waals surface area contributed by atoms with Gasteiger partial charge in [-0.3, -0.25) is 19.8 Å². The van der Waals surface area contributed by atoms with Gasteiger partial charge in [-0.1, -0.05) is 30.4 Å². The summed E-state index contributed by atoms with van der Waals surface area (Å²) in [4.78, 5) is 19.0. The van der Waals surface area contributed by atoms with E-state index < -0.39 is 5.92 Å². The van der Waals surface area contributed by atoms with E-state index >= 15 is 0 Å². The Kier molecular flexibility index (Phi) is 6.70. The summed E-state index contributed by atoms with van der Waals surface area (Å²) in [5, 5.41) is 10.7. The summed E-state index contributed by atoms with van der Waals surface area (Å²) in [5.41, 5.74) is 5.10. The molecule has 2 N–H and O–H groups in total. The van der Waals surface area contributed by atoms with E-state index in [0.717, 1.165) is 27.8 Å². The van der Waals surface area contributed by atoms with Gasteiger partial charge in [-0.05, 0) is 49.2 Å². The zero-order chi connectivity index (χ0) is 24.3. The van der Waals surface area contributed by atoms with E-state index in [-0.39, 0.29) is 24.6 Å². The molecule has 0 saturated carbocycles. The van der Waals surface area contributed by atoms with E-state index in [1.807, 2.05) is 44.2 Å². The van der Waals surface area contributed by atoms with Crippen LogP contribution >= 0.6 is 0 Å². The van der Waals surface area contributed by atoms with Crippen molar-refractivity contribution in [2.24, 2.45) is 0 Å². The SMILES string of the molecule is C=C(C)/C=C\C(=C/C)NC(=O)c1n[nH]c2ccc(-c3cncc(CN4CCC(F)(F)C4)c3)cc12. The van der Waals surface area contributed by atoms with Crippen LogP contribution in [0.3, 0.4) is 0 Å². The Labute approximate surface area is 197 Å². The maximum atomic E-state index is 13.5. The molecule has 0 bridgehead atoms. The molecule has 3 aromatic rings. The van der Waals surface area contributed by atoms with Crippen molar-refractivity contribution >= 4 is 16.8 Å². The summed E-state index contributed by atoms with van der Waals surface area (Å²) in [6.07, 6.45) is 8.72. The predicted molar refractivity (Wildman–Crippen MR) is 129 cm³/mol. The predicted octanol–water partition coefficient (Wildman–Crippen LogP) is 5.23. The molecule has 1 aliphatic heterocycles. The molecular formula is C26H27F2N5O. The van der Waals surface area contributed by atoms with Crippen LogP contribution in [0.4, 0.5) is 8.78 Å². The maximum absolute atomic E-state index is 13.5. The van der Waals surface area contributed by atoms with Crippen LogP contribution in [-0.4, -0.2) is 45.0 Å². The molecule has 0 spiro atoms. The first-order valence-electron chi connectivity index (χ1n) is 11.1. The van der Waals surface area contributed by atoms with Crippen molar-refractivity contribution in [3.05, 3.63) is 84.0 Å². The van der Waals surface area contributed by atoms with Gasteiger partial charge < -0.3 is 5.32 Å². The molecule has 34 heavy (non-hydrogen) atoms. The summed E-state index contributed by atoms with van der Waals surface area (Å²) in [6.45, 7) is 8.09. The number of carbonyl (C=O) groups excluding carboxylic acids is 1. The third kappa shape index (κ3) is 5.46. The molecule has 3 heterocycles. The fourth-order valence-electron chi connectivity index (χ4n) is 3.93. The molecule has 6 nitrogen and oxygen atoms in total. The lowest BCUT2D eigenvalue weighted by molar-refractivity contribution is 0.0115. The second-order valence-electron chi connectivity index (χ2n) is 8.61. The standard InChI is InChI=1S/C26H27F2N5O/c1-4-21(7-5-17(2)3)30-25(34)24-22-12-19(6-8-23(22)31-32-24)20-11-18(13-29-14-20)15-33-10-9-26(27,28)16-33/h4-8,11-14H,2,9-10,15-16H2,1,3H3,(H,30,34)(H,31,32)/b7-5-,21-4+. The minimum atomic E-state index is -2.62. The van der Waals surface area contributed by atoms with E-state index in [4.69, 9.17) is 0 Å². The number of allylic oxidation sites excluding steroid dienone is 4. The van der Waals surface area contributed by atoms with Gasteiger partial charge in [0.05, 0.1) is 12.1 Å². The van der Waals surface area contributed by atoms with Crippen LogP contribution < -0.4 is 5.32 Å². The van der Waals surface area contributed by atoms with Gasteiger partial charge in [-0.25, -0.2) is 8.78 Å². The molecule has 0 aliphatic carbocycles. The van der Waals surface area contributed by atoms with Crippen LogP contribution in [0.15, 0.2) is 72.7 Å². The molecule has 0 unspecified atom stereocenters. The molecule has 8 heteroatoms. The van der Waals surface area contributed by atoms with Gasteiger partial charge in [0, 0.05) is 48.6 Å². The Morgan fingerprint density at radius 2 is 2.09 bits per heavy atom. The van der Waals surface area contributed by atoms with Crippen LogP contribution in [0.5, 0.6) is 0 Å². The number of nitrogens with zero attached hydrogens (tertiary/aromatic N) is 3. The average Bonchev–Trinajstić information content (AvgIpc) is 3.38. The number of aromatic amines is 1. The number of H-pyrrole nitrogens is 1. The fourth-order valence-corrected chi connectivity index (χ4v) is 3.93. The van der Waals surface area contributed by atoms with Crippen molar-refractivity contribution in [1.29, 1.82) is 0 Å². The van der Waals surface area contributed by atoms with E-state index in [9.17, 15) is 13.6 Å². The number of likely N-dealkylation sites (tertiary alicyclic amines) is 1. The van der Waals surface area contributed by atoms with Gasteiger partial charge in [0.25, 0.3) is 11.8 Å².